The minimum Gasteiger partial charge on any atom is -0.313 e. The maximum absolute atomic E-state index is 2.52. The molecule has 1 aliphatic rings. The lowest BCUT2D eigenvalue weighted by Crippen LogP contribution is -2.00. The van der Waals surface area contributed by atoms with Crippen molar-refractivity contribution in [2.24, 2.45) is 0 Å². The molecule has 1 aliphatic carbocycles. The SMILES string of the molecule is C(C=Cc1ccc(-n2c3c(c4ccccc42)CCC3)c2ccccc12)=Cc1ccccc1. The highest BCUT2D eigenvalue weighted by molar-refractivity contribution is 5.99. The van der Waals surface area contributed by atoms with Crippen molar-refractivity contribution in [2.45, 2.75) is 19.3 Å². The van der Waals surface area contributed by atoms with E-state index in [0.29, 0.717) is 0 Å². The molecular weight excluding hydrogens is 386 g/mol. The van der Waals surface area contributed by atoms with E-state index in [-0.39, 0.29) is 0 Å². The first kappa shape index (κ1) is 18.9. The molecule has 6 rings (SSSR count). The van der Waals surface area contributed by atoms with Crippen LogP contribution in [-0.2, 0) is 12.8 Å². The van der Waals surface area contributed by atoms with Gasteiger partial charge in [-0.15, -0.1) is 0 Å². The van der Waals surface area contributed by atoms with Crippen LogP contribution < -0.4 is 0 Å². The van der Waals surface area contributed by atoms with Crippen LogP contribution in [0.3, 0.4) is 0 Å². The number of hydrogen-bond acceptors (Lipinski definition) is 0. The maximum Gasteiger partial charge on any atom is 0.0537 e. The predicted octanol–water partition coefficient (Wildman–Crippen LogP) is 8.00. The molecule has 0 amide bonds. The molecule has 1 heterocycles. The molecular formula is C31H25N. The zero-order valence-electron chi connectivity index (χ0n) is 18.0. The number of aryl methyl sites for hydroxylation is 1. The topological polar surface area (TPSA) is 4.93 Å². The number of allylic oxidation sites excluding steroid dienone is 2. The Morgan fingerprint density at radius 1 is 0.594 bits per heavy atom. The van der Waals surface area contributed by atoms with Gasteiger partial charge in [-0.2, -0.15) is 0 Å². The fourth-order valence-corrected chi connectivity index (χ4v) is 5.15. The Hall–Kier alpha value is -3.84. The van der Waals surface area contributed by atoms with Gasteiger partial charge in [-0.1, -0.05) is 103 Å². The van der Waals surface area contributed by atoms with E-state index in [4.69, 9.17) is 0 Å². The number of hydrogen-bond donors (Lipinski definition) is 0. The van der Waals surface area contributed by atoms with Crippen molar-refractivity contribution in [3.63, 3.8) is 0 Å². The van der Waals surface area contributed by atoms with Crippen LogP contribution in [0.2, 0.25) is 0 Å². The van der Waals surface area contributed by atoms with E-state index in [9.17, 15) is 0 Å². The van der Waals surface area contributed by atoms with Gasteiger partial charge < -0.3 is 4.57 Å². The molecule has 0 N–H and O–H groups in total. The average molecular weight is 412 g/mol. The summed E-state index contributed by atoms with van der Waals surface area (Å²) >= 11 is 0. The normalized spacial score (nSPS) is 13.6. The summed E-state index contributed by atoms with van der Waals surface area (Å²) in [5.41, 5.74) is 8.11. The van der Waals surface area contributed by atoms with E-state index in [0.717, 1.165) is 6.42 Å². The number of nitrogens with zero attached hydrogens (tertiary/aromatic N) is 1. The summed E-state index contributed by atoms with van der Waals surface area (Å²) in [7, 11) is 0. The van der Waals surface area contributed by atoms with Gasteiger partial charge >= 0.3 is 0 Å². The van der Waals surface area contributed by atoms with E-state index in [1.807, 2.05) is 6.07 Å². The van der Waals surface area contributed by atoms with Crippen LogP contribution >= 0.6 is 0 Å². The molecule has 0 fully saturated rings. The summed E-state index contributed by atoms with van der Waals surface area (Å²) in [6.07, 6.45) is 12.2. The van der Waals surface area contributed by atoms with Crippen molar-refractivity contribution in [3.05, 3.63) is 126 Å². The van der Waals surface area contributed by atoms with Crippen molar-refractivity contribution >= 4 is 33.8 Å². The van der Waals surface area contributed by atoms with E-state index >= 15 is 0 Å². The van der Waals surface area contributed by atoms with E-state index in [1.54, 1.807) is 5.56 Å². The first-order valence-electron chi connectivity index (χ1n) is 11.4. The third-order valence-electron chi connectivity index (χ3n) is 6.58. The van der Waals surface area contributed by atoms with Crippen LogP contribution in [0.5, 0.6) is 0 Å². The summed E-state index contributed by atoms with van der Waals surface area (Å²) in [6.45, 7) is 0. The smallest absolute Gasteiger partial charge is 0.0537 e. The van der Waals surface area contributed by atoms with Gasteiger partial charge in [-0.3, -0.25) is 0 Å². The first-order chi connectivity index (χ1) is 15.9. The highest BCUT2D eigenvalue weighted by Gasteiger charge is 2.22. The zero-order chi connectivity index (χ0) is 21.3. The summed E-state index contributed by atoms with van der Waals surface area (Å²) in [5.74, 6) is 0. The molecule has 0 unspecified atom stereocenters. The summed E-state index contributed by atoms with van der Waals surface area (Å²) < 4.78 is 2.52. The minimum atomic E-state index is 1.16. The van der Waals surface area contributed by atoms with E-state index in [2.05, 4.69) is 114 Å². The molecule has 4 aromatic carbocycles. The Bertz CT molecular complexity index is 1480. The van der Waals surface area contributed by atoms with Gasteiger partial charge in [0.2, 0.25) is 0 Å². The number of aromatic nitrogens is 1. The summed E-state index contributed by atoms with van der Waals surface area (Å²) in [6, 6.07) is 32.7. The lowest BCUT2D eigenvalue weighted by atomic mass is 10.0. The van der Waals surface area contributed by atoms with Crippen LogP contribution in [-0.4, -0.2) is 4.57 Å². The Morgan fingerprint density at radius 3 is 2.19 bits per heavy atom. The summed E-state index contributed by atoms with van der Waals surface area (Å²) in [4.78, 5) is 0. The van der Waals surface area contributed by atoms with Gasteiger partial charge in [0.15, 0.2) is 0 Å². The predicted molar refractivity (Wildman–Crippen MR) is 137 cm³/mol. The minimum absolute atomic E-state index is 1.16. The first-order valence-corrected chi connectivity index (χ1v) is 11.4. The van der Waals surface area contributed by atoms with Gasteiger partial charge in [0.1, 0.15) is 0 Å². The second-order valence-electron chi connectivity index (χ2n) is 8.48. The van der Waals surface area contributed by atoms with Crippen molar-refractivity contribution < 1.29 is 0 Å². The Morgan fingerprint density at radius 2 is 1.31 bits per heavy atom. The highest BCUT2D eigenvalue weighted by Crippen LogP contribution is 2.37. The van der Waals surface area contributed by atoms with Gasteiger partial charge in [0.25, 0.3) is 0 Å². The Balaban J connectivity index is 1.46. The van der Waals surface area contributed by atoms with Gasteiger partial charge in [-0.25, -0.2) is 0 Å². The van der Waals surface area contributed by atoms with Crippen LogP contribution in [0.15, 0.2) is 103 Å². The molecule has 1 nitrogen and oxygen atoms in total. The van der Waals surface area contributed by atoms with E-state index < -0.39 is 0 Å². The molecule has 0 saturated heterocycles. The highest BCUT2D eigenvalue weighted by atomic mass is 15.0. The van der Waals surface area contributed by atoms with Crippen molar-refractivity contribution in [2.75, 3.05) is 0 Å². The maximum atomic E-state index is 2.52. The molecule has 0 spiro atoms. The standard InChI is InChI=1S/C31H25N/c1-2-11-23(12-3-1)13-4-5-14-24-21-22-31(26-16-7-6-15-25(24)26)32-29-19-9-8-17-27(29)28-18-10-20-30(28)32/h1-9,11-17,19,21-22H,10,18,20H2. The molecule has 0 atom stereocenters. The molecule has 154 valence electrons. The second-order valence-corrected chi connectivity index (χ2v) is 8.48. The number of benzene rings is 4. The third kappa shape index (κ3) is 3.18. The lowest BCUT2D eigenvalue weighted by Gasteiger charge is -2.14. The molecule has 1 aromatic heterocycles. The van der Waals surface area contributed by atoms with Crippen molar-refractivity contribution in [1.82, 2.24) is 4.57 Å². The number of fused-ring (bicyclic) bond motifs is 4. The van der Waals surface area contributed by atoms with Crippen molar-refractivity contribution in [1.29, 1.82) is 0 Å². The average Bonchev–Trinajstić information content (AvgIpc) is 3.44. The van der Waals surface area contributed by atoms with Crippen LogP contribution in [0.1, 0.15) is 28.8 Å². The second kappa shape index (κ2) is 8.01. The largest absolute Gasteiger partial charge is 0.313 e. The van der Waals surface area contributed by atoms with Crippen LogP contribution in [0, 0.1) is 0 Å². The van der Waals surface area contributed by atoms with Crippen LogP contribution in [0.25, 0.3) is 39.5 Å². The van der Waals surface area contributed by atoms with Gasteiger partial charge in [0, 0.05) is 16.5 Å². The zero-order valence-corrected chi connectivity index (χ0v) is 18.0. The number of rotatable bonds is 4. The molecule has 32 heavy (non-hydrogen) atoms. The molecule has 0 radical (unpaired) electrons. The quantitative estimate of drug-likeness (QED) is 0.264. The van der Waals surface area contributed by atoms with E-state index in [1.165, 1.54) is 57.0 Å². The van der Waals surface area contributed by atoms with Crippen LogP contribution in [0.4, 0.5) is 0 Å². The lowest BCUT2D eigenvalue weighted by molar-refractivity contribution is 0.875. The Kier molecular flexibility index (Phi) is 4.73. The van der Waals surface area contributed by atoms with Gasteiger partial charge in [-0.05, 0) is 53.5 Å². The van der Waals surface area contributed by atoms with Crippen molar-refractivity contribution in [3.8, 4) is 5.69 Å². The van der Waals surface area contributed by atoms with Gasteiger partial charge in [0.05, 0.1) is 11.2 Å². The molecule has 5 aromatic rings. The molecule has 0 saturated carbocycles. The Labute approximate surface area is 188 Å². The monoisotopic (exact) mass is 411 g/mol. The fraction of sp³-hybridized carbons (Fsp3) is 0.0968. The molecule has 1 heteroatoms. The summed E-state index contributed by atoms with van der Waals surface area (Å²) in [5, 5.41) is 4.01. The molecule has 0 aliphatic heterocycles. The fourth-order valence-electron chi connectivity index (χ4n) is 5.15. The molecule has 0 bridgehead atoms. The third-order valence-corrected chi connectivity index (χ3v) is 6.58. The number of para-hydroxylation sites is 1.